The minimum atomic E-state index is -1.07. The third kappa shape index (κ3) is 3.92. The van der Waals surface area contributed by atoms with E-state index >= 15 is 0 Å². The number of hydrogen-bond donors (Lipinski definition) is 3. The normalized spacial score (nSPS) is 11.7. The second kappa shape index (κ2) is 6.26. The first-order valence-electron chi connectivity index (χ1n) is 5.54. The minimum absolute atomic E-state index is 0.0337. The van der Waals surface area contributed by atoms with Crippen LogP contribution in [0.1, 0.15) is 30.6 Å². The number of carboxylic acid groups (broad SMARTS) is 1. The molecule has 1 rings (SSSR count). The van der Waals surface area contributed by atoms with E-state index in [1.54, 1.807) is 0 Å². The number of benzene rings is 1. The Bertz CT molecular complexity index is 463. The van der Waals surface area contributed by atoms with E-state index in [0.717, 1.165) is 6.42 Å². The predicted molar refractivity (Wildman–Crippen MR) is 70.3 cm³/mol. The lowest BCUT2D eigenvalue weighted by Gasteiger charge is -2.13. The molecule has 0 fully saturated rings. The maximum atomic E-state index is 11.6. The number of nitrogens with one attached hydrogen (secondary N) is 2. The molecule has 6 heteroatoms. The number of rotatable bonds is 4. The van der Waals surface area contributed by atoms with Crippen LogP contribution in [-0.4, -0.2) is 23.1 Å². The molecule has 0 saturated carbocycles. The van der Waals surface area contributed by atoms with Crippen molar-refractivity contribution in [2.45, 2.75) is 26.3 Å². The van der Waals surface area contributed by atoms with Crippen LogP contribution in [-0.2, 0) is 0 Å². The van der Waals surface area contributed by atoms with Gasteiger partial charge in [-0.25, -0.2) is 9.59 Å². The lowest BCUT2D eigenvalue weighted by Crippen LogP contribution is -2.35. The fraction of sp³-hybridized carbons (Fsp3) is 0.333. The van der Waals surface area contributed by atoms with Crippen molar-refractivity contribution in [3.05, 3.63) is 28.8 Å². The number of urea groups is 1. The summed E-state index contributed by atoms with van der Waals surface area (Å²) in [6.07, 6.45) is 0.802. The zero-order chi connectivity index (χ0) is 13.7. The Morgan fingerprint density at radius 2 is 2.11 bits per heavy atom. The molecule has 0 bridgehead atoms. The highest BCUT2D eigenvalue weighted by Gasteiger charge is 2.11. The van der Waals surface area contributed by atoms with E-state index in [1.807, 2.05) is 13.8 Å². The summed E-state index contributed by atoms with van der Waals surface area (Å²) in [4.78, 5) is 22.4. The van der Waals surface area contributed by atoms with Gasteiger partial charge in [0, 0.05) is 6.04 Å². The van der Waals surface area contributed by atoms with Crippen molar-refractivity contribution < 1.29 is 14.7 Å². The Hall–Kier alpha value is -1.75. The molecule has 0 radical (unpaired) electrons. The van der Waals surface area contributed by atoms with E-state index in [2.05, 4.69) is 10.6 Å². The number of aromatic carboxylic acids is 1. The monoisotopic (exact) mass is 270 g/mol. The van der Waals surface area contributed by atoms with Crippen molar-refractivity contribution in [1.82, 2.24) is 5.32 Å². The second-order valence-electron chi connectivity index (χ2n) is 3.91. The molecule has 1 atom stereocenters. The molecule has 3 N–H and O–H groups in total. The first-order chi connectivity index (χ1) is 8.43. The summed E-state index contributed by atoms with van der Waals surface area (Å²) in [5, 5.41) is 14.4. The van der Waals surface area contributed by atoms with Gasteiger partial charge in [-0.15, -0.1) is 0 Å². The predicted octanol–water partition coefficient (Wildman–Crippen LogP) is 2.96. The molecule has 1 aromatic carbocycles. The Morgan fingerprint density at radius 1 is 1.44 bits per heavy atom. The molecule has 1 unspecified atom stereocenters. The summed E-state index contributed by atoms with van der Waals surface area (Å²) in [5.74, 6) is -1.07. The standard InChI is InChI=1S/C12H15ClN2O3/c1-3-7(2)14-12(18)15-10-6-8(11(16)17)4-5-9(10)13/h4-7H,3H2,1-2H3,(H,16,17)(H2,14,15,18). The molecule has 2 amide bonds. The first kappa shape index (κ1) is 14.3. The Kier molecular flexibility index (Phi) is 4.97. The van der Waals surface area contributed by atoms with E-state index in [9.17, 15) is 9.59 Å². The molecular weight excluding hydrogens is 256 g/mol. The van der Waals surface area contributed by atoms with E-state index < -0.39 is 12.0 Å². The van der Waals surface area contributed by atoms with Crippen LogP contribution in [0.15, 0.2) is 18.2 Å². The van der Waals surface area contributed by atoms with Gasteiger partial charge in [-0.3, -0.25) is 0 Å². The van der Waals surface area contributed by atoms with Crippen molar-refractivity contribution in [2.24, 2.45) is 0 Å². The summed E-state index contributed by atoms with van der Waals surface area (Å²) < 4.78 is 0. The van der Waals surface area contributed by atoms with Crippen LogP contribution in [0.3, 0.4) is 0 Å². The topological polar surface area (TPSA) is 78.4 Å². The number of carbonyl (C=O) groups is 2. The number of hydrogen-bond acceptors (Lipinski definition) is 2. The van der Waals surface area contributed by atoms with Crippen LogP contribution in [0, 0.1) is 0 Å². The maximum Gasteiger partial charge on any atom is 0.335 e. The largest absolute Gasteiger partial charge is 0.478 e. The van der Waals surface area contributed by atoms with Crippen molar-refractivity contribution in [3.8, 4) is 0 Å². The average Bonchev–Trinajstić information content (AvgIpc) is 2.31. The van der Waals surface area contributed by atoms with Crippen LogP contribution >= 0.6 is 11.6 Å². The highest BCUT2D eigenvalue weighted by atomic mass is 35.5. The van der Waals surface area contributed by atoms with E-state index in [1.165, 1.54) is 18.2 Å². The molecule has 0 heterocycles. The van der Waals surface area contributed by atoms with E-state index in [4.69, 9.17) is 16.7 Å². The Morgan fingerprint density at radius 3 is 2.67 bits per heavy atom. The maximum absolute atomic E-state index is 11.6. The highest BCUT2D eigenvalue weighted by Crippen LogP contribution is 2.23. The zero-order valence-electron chi connectivity index (χ0n) is 10.2. The summed E-state index contributed by atoms with van der Waals surface area (Å²) in [5.41, 5.74) is 0.343. The van der Waals surface area contributed by atoms with Crippen molar-refractivity contribution in [2.75, 3.05) is 5.32 Å². The van der Waals surface area contributed by atoms with E-state index in [0.29, 0.717) is 5.02 Å². The fourth-order valence-electron chi connectivity index (χ4n) is 1.24. The molecule has 0 spiro atoms. The van der Waals surface area contributed by atoms with Crippen LogP contribution in [0.4, 0.5) is 10.5 Å². The highest BCUT2D eigenvalue weighted by molar-refractivity contribution is 6.33. The summed E-state index contributed by atoms with van der Waals surface area (Å²) in [6, 6.07) is 3.76. The van der Waals surface area contributed by atoms with Crippen LogP contribution in [0.5, 0.6) is 0 Å². The van der Waals surface area contributed by atoms with Gasteiger partial charge in [-0.1, -0.05) is 18.5 Å². The summed E-state index contributed by atoms with van der Waals surface area (Å²) >= 11 is 5.88. The third-order valence-electron chi connectivity index (χ3n) is 2.45. The second-order valence-corrected chi connectivity index (χ2v) is 4.31. The van der Waals surface area contributed by atoms with Gasteiger partial charge in [-0.05, 0) is 31.5 Å². The first-order valence-corrected chi connectivity index (χ1v) is 5.92. The van der Waals surface area contributed by atoms with Gasteiger partial charge in [0.2, 0.25) is 0 Å². The SMILES string of the molecule is CCC(C)NC(=O)Nc1cc(C(=O)O)ccc1Cl. The number of anilines is 1. The van der Waals surface area contributed by atoms with Crippen LogP contribution < -0.4 is 10.6 Å². The number of carboxylic acids is 1. The molecule has 98 valence electrons. The van der Waals surface area contributed by atoms with Gasteiger partial charge in [0.1, 0.15) is 0 Å². The van der Waals surface area contributed by atoms with Crippen molar-refractivity contribution in [1.29, 1.82) is 0 Å². The van der Waals surface area contributed by atoms with Gasteiger partial charge in [0.15, 0.2) is 0 Å². The molecule has 5 nitrogen and oxygen atoms in total. The summed E-state index contributed by atoms with van der Waals surface area (Å²) in [7, 11) is 0. The van der Waals surface area contributed by atoms with Gasteiger partial charge in [-0.2, -0.15) is 0 Å². The molecule has 0 saturated heterocycles. The molecule has 0 aliphatic carbocycles. The number of carbonyl (C=O) groups excluding carboxylic acids is 1. The molecule has 1 aromatic rings. The van der Waals surface area contributed by atoms with E-state index in [-0.39, 0.29) is 17.3 Å². The van der Waals surface area contributed by atoms with Crippen molar-refractivity contribution in [3.63, 3.8) is 0 Å². The number of halogens is 1. The number of amides is 2. The molecule has 0 aliphatic rings. The minimum Gasteiger partial charge on any atom is -0.478 e. The lowest BCUT2D eigenvalue weighted by molar-refractivity contribution is 0.0697. The lowest BCUT2D eigenvalue weighted by atomic mass is 10.2. The van der Waals surface area contributed by atoms with Gasteiger partial charge >= 0.3 is 12.0 Å². The zero-order valence-corrected chi connectivity index (χ0v) is 10.9. The third-order valence-corrected chi connectivity index (χ3v) is 2.78. The molecule has 0 aromatic heterocycles. The summed E-state index contributed by atoms with van der Waals surface area (Å²) in [6.45, 7) is 3.82. The van der Waals surface area contributed by atoms with Gasteiger partial charge in [0.05, 0.1) is 16.3 Å². The smallest absolute Gasteiger partial charge is 0.335 e. The Labute approximate surface area is 110 Å². The molecule has 0 aliphatic heterocycles. The molecular formula is C12H15ClN2O3. The van der Waals surface area contributed by atoms with Crippen molar-refractivity contribution >= 4 is 29.3 Å². The van der Waals surface area contributed by atoms with Crippen LogP contribution in [0.2, 0.25) is 5.02 Å². The Balaban J connectivity index is 2.80. The quantitative estimate of drug-likeness (QED) is 0.787. The van der Waals surface area contributed by atoms with Gasteiger partial charge in [0.25, 0.3) is 0 Å². The average molecular weight is 271 g/mol. The molecule has 18 heavy (non-hydrogen) atoms. The van der Waals surface area contributed by atoms with Crippen LogP contribution in [0.25, 0.3) is 0 Å². The fourth-order valence-corrected chi connectivity index (χ4v) is 1.40. The van der Waals surface area contributed by atoms with Gasteiger partial charge < -0.3 is 15.7 Å².